The van der Waals surface area contributed by atoms with Crippen molar-refractivity contribution in [2.45, 2.75) is 38.1 Å². The second-order valence-electron chi connectivity index (χ2n) is 9.50. The molecule has 1 aromatic heterocycles. The number of carbonyl (C=O) groups excluding carboxylic acids is 1. The molecule has 4 rings (SSSR count). The molecule has 1 amide bonds. The predicted molar refractivity (Wildman–Crippen MR) is 124 cm³/mol. The molecule has 1 saturated carbocycles. The highest BCUT2D eigenvalue weighted by molar-refractivity contribution is 5.92. The van der Waals surface area contributed by atoms with Crippen molar-refractivity contribution in [2.24, 2.45) is 5.92 Å². The van der Waals surface area contributed by atoms with Crippen molar-refractivity contribution in [3.05, 3.63) is 47.3 Å². The molecule has 2 heterocycles. The standard InChI is InChI=1S/C25H36N4O3/c1-27(2)13-14-29(25(30)22-15-24(32-26-22)20-10-11-20)17-19-7-6-12-28(16-19)18-21-8-4-5-9-23(21)31-3/h4-5,8-9,15,19-20H,6-7,10-14,16-18H2,1-3H3/t19-/m0/s1. The Hall–Kier alpha value is -2.38. The summed E-state index contributed by atoms with van der Waals surface area (Å²) in [5, 5.41) is 4.10. The Labute approximate surface area is 191 Å². The van der Waals surface area contributed by atoms with Crippen LogP contribution in [0.5, 0.6) is 5.75 Å². The molecule has 2 aromatic rings. The number of amides is 1. The molecule has 174 valence electrons. The van der Waals surface area contributed by atoms with Crippen molar-refractivity contribution in [3.8, 4) is 5.75 Å². The van der Waals surface area contributed by atoms with Gasteiger partial charge in [0.05, 0.1) is 7.11 Å². The number of carbonyl (C=O) groups is 1. The summed E-state index contributed by atoms with van der Waals surface area (Å²) in [6.07, 6.45) is 4.56. The van der Waals surface area contributed by atoms with Crippen LogP contribution in [0.1, 0.15) is 53.4 Å². The monoisotopic (exact) mass is 440 g/mol. The number of hydrogen-bond donors (Lipinski definition) is 0. The Morgan fingerprint density at radius 1 is 1.22 bits per heavy atom. The average molecular weight is 441 g/mol. The molecule has 1 aliphatic carbocycles. The first-order valence-corrected chi connectivity index (χ1v) is 11.8. The quantitative estimate of drug-likeness (QED) is 0.564. The van der Waals surface area contributed by atoms with Gasteiger partial charge in [0.2, 0.25) is 0 Å². The first-order valence-electron chi connectivity index (χ1n) is 11.8. The van der Waals surface area contributed by atoms with E-state index in [-0.39, 0.29) is 5.91 Å². The van der Waals surface area contributed by atoms with Crippen molar-refractivity contribution in [2.75, 3.05) is 53.9 Å². The summed E-state index contributed by atoms with van der Waals surface area (Å²) >= 11 is 0. The number of rotatable bonds is 10. The lowest BCUT2D eigenvalue weighted by Crippen LogP contribution is -2.44. The number of ether oxygens (including phenoxy) is 1. The number of likely N-dealkylation sites (tertiary alicyclic amines) is 1. The number of aromatic nitrogens is 1. The number of nitrogens with zero attached hydrogens (tertiary/aromatic N) is 4. The highest BCUT2D eigenvalue weighted by Gasteiger charge is 2.31. The summed E-state index contributed by atoms with van der Waals surface area (Å²) in [7, 11) is 5.81. The van der Waals surface area contributed by atoms with Crippen molar-refractivity contribution < 1.29 is 14.1 Å². The molecular formula is C25H36N4O3. The van der Waals surface area contributed by atoms with Crippen LogP contribution in [0.15, 0.2) is 34.9 Å². The van der Waals surface area contributed by atoms with Gasteiger partial charge in [-0.25, -0.2) is 0 Å². The number of likely N-dealkylation sites (N-methyl/N-ethyl adjacent to an activating group) is 1. The molecule has 2 aliphatic rings. The van der Waals surface area contributed by atoms with E-state index in [1.807, 2.05) is 37.2 Å². The summed E-state index contributed by atoms with van der Waals surface area (Å²) in [6.45, 7) is 5.21. The first-order chi connectivity index (χ1) is 15.5. The number of methoxy groups -OCH3 is 1. The minimum atomic E-state index is -0.00986. The molecule has 0 N–H and O–H groups in total. The van der Waals surface area contributed by atoms with Gasteiger partial charge >= 0.3 is 0 Å². The predicted octanol–water partition coefficient (Wildman–Crippen LogP) is 3.48. The molecule has 2 fully saturated rings. The largest absolute Gasteiger partial charge is 0.496 e. The third-order valence-electron chi connectivity index (χ3n) is 6.50. The maximum Gasteiger partial charge on any atom is 0.276 e. The number of piperidine rings is 1. The zero-order chi connectivity index (χ0) is 22.5. The van der Waals surface area contributed by atoms with Gasteiger partial charge in [0.15, 0.2) is 5.69 Å². The van der Waals surface area contributed by atoms with Crippen LogP contribution in [0.2, 0.25) is 0 Å². The number of hydrogen-bond acceptors (Lipinski definition) is 6. The van der Waals surface area contributed by atoms with E-state index in [1.165, 1.54) is 5.56 Å². The van der Waals surface area contributed by atoms with Gasteiger partial charge in [0.25, 0.3) is 5.91 Å². The number of benzene rings is 1. The zero-order valence-corrected chi connectivity index (χ0v) is 19.6. The van der Waals surface area contributed by atoms with Crippen LogP contribution in [0.3, 0.4) is 0 Å². The van der Waals surface area contributed by atoms with E-state index in [1.54, 1.807) is 7.11 Å². The topological polar surface area (TPSA) is 62.1 Å². The van der Waals surface area contributed by atoms with Crippen LogP contribution in [0.4, 0.5) is 0 Å². The van der Waals surface area contributed by atoms with Gasteiger partial charge in [0, 0.05) is 50.3 Å². The van der Waals surface area contributed by atoms with E-state index in [9.17, 15) is 4.79 Å². The average Bonchev–Trinajstić information content (AvgIpc) is 3.53. The van der Waals surface area contributed by atoms with Gasteiger partial charge in [0.1, 0.15) is 11.5 Å². The molecule has 0 bridgehead atoms. The molecule has 7 heteroatoms. The van der Waals surface area contributed by atoms with Gasteiger partial charge < -0.3 is 19.1 Å². The third kappa shape index (κ3) is 5.90. The lowest BCUT2D eigenvalue weighted by Gasteiger charge is -2.36. The van der Waals surface area contributed by atoms with Gasteiger partial charge in [-0.05, 0) is 58.3 Å². The number of para-hydroxylation sites is 1. The third-order valence-corrected chi connectivity index (χ3v) is 6.50. The lowest BCUT2D eigenvalue weighted by atomic mass is 9.96. The fraction of sp³-hybridized carbons (Fsp3) is 0.600. The van der Waals surface area contributed by atoms with Gasteiger partial charge in [-0.2, -0.15) is 0 Å². The molecule has 0 unspecified atom stereocenters. The van der Waals surface area contributed by atoms with Crippen molar-refractivity contribution >= 4 is 5.91 Å². The molecule has 32 heavy (non-hydrogen) atoms. The minimum absolute atomic E-state index is 0.00986. The molecule has 0 radical (unpaired) electrons. The lowest BCUT2D eigenvalue weighted by molar-refractivity contribution is 0.0650. The molecule has 1 atom stereocenters. The Balaban J connectivity index is 1.40. The van der Waals surface area contributed by atoms with E-state index in [0.717, 1.165) is 69.9 Å². The van der Waals surface area contributed by atoms with E-state index in [2.05, 4.69) is 27.1 Å². The van der Waals surface area contributed by atoms with Crippen LogP contribution in [0.25, 0.3) is 0 Å². The van der Waals surface area contributed by atoms with Crippen molar-refractivity contribution in [1.29, 1.82) is 0 Å². The zero-order valence-electron chi connectivity index (χ0n) is 19.6. The van der Waals surface area contributed by atoms with Crippen LogP contribution < -0.4 is 4.74 Å². The van der Waals surface area contributed by atoms with Crippen LogP contribution in [0, 0.1) is 5.92 Å². The molecule has 0 spiro atoms. The van der Waals surface area contributed by atoms with E-state index >= 15 is 0 Å². The molecule has 1 saturated heterocycles. The maximum atomic E-state index is 13.3. The highest BCUT2D eigenvalue weighted by atomic mass is 16.5. The van der Waals surface area contributed by atoms with E-state index < -0.39 is 0 Å². The molecule has 1 aromatic carbocycles. The van der Waals surface area contributed by atoms with Gasteiger partial charge in [-0.15, -0.1) is 0 Å². The summed E-state index contributed by atoms with van der Waals surface area (Å²) in [4.78, 5) is 19.9. The minimum Gasteiger partial charge on any atom is -0.496 e. The second kappa shape index (κ2) is 10.5. The smallest absolute Gasteiger partial charge is 0.276 e. The summed E-state index contributed by atoms with van der Waals surface area (Å²) in [5.74, 6) is 2.70. The van der Waals surface area contributed by atoms with Crippen molar-refractivity contribution in [1.82, 2.24) is 19.9 Å². The summed E-state index contributed by atoms with van der Waals surface area (Å²) in [6, 6.07) is 10.1. The first kappa shape index (κ1) is 22.8. The maximum absolute atomic E-state index is 13.3. The van der Waals surface area contributed by atoms with E-state index in [0.29, 0.717) is 24.1 Å². The normalized spacial score (nSPS) is 19.3. The Kier molecular flexibility index (Phi) is 7.48. The van der Waals surface area contributed by atoms with Gasteiger partial charge in [-0.1, -0.05) is 23.4 Å². The van der Waals surface area contributed by atoms with Gasteiger partial charge in [-0.3, -0.25) is 9.69 Å². The van der Waals surface area contributed by atoms with Crippen LogP contribution >= 0.6 is 0 Å². The Bertz CT molecular complexity index is 893. The Morgan fingerprint density at radius 3 is 2.78 bits per heavy atom. The molecule has 7 nitrogen and oxygen atoms in total. The van der Waals surface area contributed by atoms with Crippen LogP contribution in [-0.2, 0) is 6.54 Å². The highest BCUT2D eigenvalue weighted by Crippen LogP contribution is 2.40. The summed E-state index contributed by atoms with van der Waals surface area (Å²) in [5.41, 5.74) is 1.67. The molecule has 1 aliphatic heterocycles. The van der Waals surface area contributed by atoms with Crippen LogP contribution in [-0.4, -0.2) is 79.7 Å². The van der Waals surface area contributed by atoms with Crippen molar-refractivity contribution in [3.63, 3.8) is 0 Å². The fourth-order valence-corrected chi connectivity index (χ4v) is 4.54. The second-order valence-corrected chi connectivity index (χ2v) is 9.50. The van der Waals surface area contributed by atoms with E-state index in [4.69, 9.17) is 9.26 Å². The SMILES string of the molecule is COc1ccccc1CN1CCC[C@H](CN(CCN(C)C)C(=O)c2cc(C3CC3)on2)C1. The Morgan fingerprint density at radius 2 is 2.03 bits per heavy atom. The fourth-order valence-electron chi connectivity index (χ4n) is 4.54. The summed E-state index contributed by atoms with van der Waals surface area (Å²) < 4.78 is 11.0. The molecular weight excluding hydrogens is 404 g/mol.